The van der Waals surface area contributed by atoms with Gasteiger partial charge in [-0.15, -0.1) is 0 Å². The van der Waals surface area contributed by atoms with Gasteiger partial charge < -0.3 is 5.73 Å². The van der Waals surface area contributed by atoms with E-state index in [1.165, 1.54) is 0 Å². The smallest absolute Gasteiger partial charge is 0.244 e. The van der Waals surface area contributed by atoms with Crippen LogP contribution in [-0.2, 0) is 4.79 Å². The number of rotatable bonds is 1. The molecule has 1 aromatic rings. The molecule has 0 spiro atoms. The highest BCUT2D eigenvalue weighted by Gasteiger charge is 2.44. The fourth-order valence-electron chi connectivity index (χ4n) is 2.44. The Hall–Kier alpha value is -1.39. The van der Waals surface area contributed by atoms with Gasteiger partial charge in [0.2, 0.25) is 5.91 Å². The Morgan fingerprint density at radius 2 is 1.89 bits per heavy atom. The molecule has 98 valence electrons. The van der Waals surface area contributed by atoms with Crippen LogP contribution >= 0.6 is 0 Å². The minimum Gasteiger partial charge on any atom is -0.313 e. The number of hydrogen-bond donors (Lipinski definition) is 2. The fourth-order valence-corrected chi connectivity index (χ4v) is 2.44. The summed E-state index contributed by atoms with van der Waals surface area (Å²) < 4.78 is 0. The number of nitrogens with one attached hydrogen (secondary N) is 1. The van der Waals surface area contributed by atoms with Crippen molar-refractivity contribution in [3.8, 4) is 0 Å². The molecule has 2 unspecified atom stereocenters. The van der Waals surface area contributed by atoms with Gasteiger partial charge in [-0.1, -0.05) is 24.3 Å². The second kappa shape index (κ2) is 4.37. The predicted molar refractivity (Wildman–Crippen MR) is 71.6 cm³/mol. The maximum absolute atomic E-state index is 12.2. The van der Waals surface area contributed by atoms with Crippen molar-refractivity contribution in [2.45, 2.75) is 45.3 Å². The van der Waals surface area contributed by atoms with Crippen LogP contribution in [0.25, 0.3) is 0 Å². The van der Waals surface area contributed by atoms with E-state index in [0.29, 0.717) is 0 Å². The molecule has 0 aliphatic carbocycles. The van der Waals surface area contributed by atoms with Crippen molar-refractivity contribution >= 4 is 5.91 Å². The van der Waals surface area contributed by atoms with E-state index >= 15 is 0 Å². The largest absolute Gasteiger partial charge is 0.313 e. The Bertz CT molecular complexity index is 464. The van der Waals surface area contributed by atoms with Crippen LogP contribution in [0.5, 0.6) is 0 Å². The van der Waals surface area contributed by atoms with Gasteiger partial charge in [0, 0.05) is 5.54 Å². The normalized spacial score (nSPS) is 25.3. The van der Waals surface area contributed by atoms with Crippen molar-refractivity contribution in [1.29, 1.82) is 0 Å². The van der Waals surface area contributed by atoms with Crippen molar-refractivity contribution in [2.75, 3.05) is 0 Å². The molecule has 1 heterocycles. The molecule has 4 heteroatoms. The zero-order chi connectivity index (χ0) is 13.5. The monoisotopic (exact) mass is 247 g/mol. The van der Waals surface area contributed by atoms with Crippen LogP contribution in [0.1, 0.15) is 37.8 Å². The number of carbonyl (C=O) groups excluding carboxylic acids is 1. The second-order valence-electron chi connectivity index (χ2n) is 5.84. The number of hydrogen-bond acceptors (Lipinski definition) is 3. The van der Waals surface area contributed by atoms with E-state index < -0.39 is 0 Å². The molecule has 0 saturated carbocycles. The van der Waals surface area contributed by atoms with Gasteiger partial charge in [-0.25, -0.2) is 0 Å². The summed E-state index contributed by atoms with van der Waals surface area (Å²) in [6.45, 7) is 8.11. The maximum atomic E-state index is 12.2. The zero-order valence-electron chi connectivity index (χ0n) is 11.4. The Morgan fingerprint density at radius 3 is 2.39 bits per heavy atom. The molecule has 1 fully saturated rings. The van der Waals surface area contributed by atoms with Gasteiger partial charge >= 0.3 is 0 Å². The summed E-state index contributed by atoms with van der Waals surface area (Å²) in [5, 5.41) is 1.84. The first-order chi connectivity index (χ1) is 8.32. The highest BCUT2D eigenvalue weighted by atomic mass is 16.2. The van der Waals surface area contributed by atoms with Gasteiger partial charge in [0.25, 0.3) is 0 Å². The second-order valence-corrected chi connectivity index (χ2v) is 5.84. The molecule has 3 N–H and O–H groups in total. The van der Waals surface area contributed by atoms with Crippen LogP contribution in [0.2, 0.25) is 0 Å². The molecule has 1 saturated heterocycles. The SMILES string of the molecule is Cc1ccccc1C1C(=O)NN(C(C)(C)C)C1N. The van der Waals surface area contributed by atoms with Crippen LogP contribution in [0.3, 0.4) is 0 Å². The van der Waals surface area contributed by atoms with E-state index in [-0.39, 0.29) is 23.5 Å². The Morgan fingerprint density at radius 1 is 1.28 bits per heavy atom. The van der Waals surface area contributed by atoms with Crippen molar-refractivity contribution in [3.05, 3.63) is 35.4 Å². The number of nitrogens with zero attached hydrogens (tertiary/aromatic N) is 1. The number of benzene rings is 1. The topological polar surface area (TPSA) is 58.4 Å². The van der Waals surface area contributed by atoms with Crippen molar-refractivity contribution < 1.29 is 4.79 Å². The summed E-state index contributed by atoms with van der Waals surface area (Å²) in [4.78, 5) is 12.2. The molecule has 1 aromatic carbocycles. The average Bonchev–Trinajstić information content (AvgIpc) is 2.55. The number of aryl methyl sites for hydroxylation is 1. The van der Waals surface area contributed by atoms with E-state index in [4.69, 9.17) is 5.73 Å². The first kappa shape index (κ1) is 13.1. The number of hydrazine groups is 1. The Labute approximate surface area is 108 Å². The molecule has 0 radical (unpaired) electrons. The highest BCUT2D eigenvalue weighted by Crippen LogP contribution is 2.31. The van der Waals surface area contributed by atoms with Gasteiger partial charge in [-0.05, 0) is 38.8 Å². The predicted octanol–water partition coefficient (Wildman–Crippen LogP) is 1.51. The quantitative estimate of drug-likeness (QED) is 0.791. The van der Waals surface area contributed by atoms with Crippen molar-refractivity contribution in [1.82, 2.24) is 10.4 Å². The third kappa shape index (κ3) is 2.13. The van der Waals surface area contributed by atoms with Crippen LogP contribution < -0.4 is 11.2 Å². The van der Waals surface area contributed by atoms with Gasteiger partial charge in [0.15, 0.2) is 0 Å². The van der Waals surface area contributed by atoms with Crippen molar-refractivity contribution in [2.24, 2.45) is 5.73 Å². The van der Waals surface area contributed by atoms with Gasteiger partial charge in [0.1, 0.15) is 0 Å². The fraction of sp³-hybridized carbons (Fsp3) is 0.500. The van der Waals surface area contributed by atoms with Crippen LogP contribution in [0.4, 0.5) is 0 Å². The number of carbonyl (C=O) groups is 1. The number of amides is 1. The van der Waals surface area contributed by atoms with E-state index in [2.05, 4.69) is 5.43 Å². The molecule has 4 nitrogen and oxygen atoms in total. The van der Waals surface area contributed by atoms with E-state index in [1.807, 2.05) is 57.0 Å². The van der Waals surface area contributed by atoms with Crippen LogP contribution in [-0.4, -0.2) is 22.6 Å². The lowest BCUT2D eigenvalue weighted by atomic mass is 9.92. The molecule has 0 aromatic heterocycles. The van der Waals surface area contributed by atoms with Crippen LogP contribution in [0.15, 0.2) is 24.3 Å². The molecule has 2 rings (SSSR count). The molecule has 0 bridgehead atoms. The minimum atomic E-state index is -0.335. The zero-order valence-corrected chi connectivity index (χ0v) is 11.4. The summed E-state index contributed by atoms with van der Waals surface area (Å²) in [5.74, 6) is -0.322. The number of nitrogens with two attached hydrogens (primary N) is 1. The summed E-state index contributed by atoms with van der Waals surface area (Å²) in [6, 6.07) is 7.90. The minimum absolute atomic E-state index is 0.0216. The summed E-state index contributed by atoms with van der Waals surface area (Å²) in [5.41, 5.74) is 11.1. The first-order valence-electron chi connectivity index (χ1n) is 6.23. The average molecular weight is 247 g/mol. The standard InChI is InChI=1S/C14H21N3O/c1-9-7-5-6-8-10(9)11-12(15)17(14(2,3)4)16-13(11)18/h5-8,11-12H,15H2,1-4H3,(H,16,18). The molecule has 18 heavy (non-hydrogen) atoms. The Balaban J connectivity index is 2.36. The summed E-state index contributed by atoms with van der Waals surface area (Å²) in [7, 11) is 0. The molecular weight excluding hydrogens is 226 g/mol. The van der Waals surface area contributed by atoms with E-state index in [9.17, 15) is 4.79 Å². The molecule has 1 amide bonds. The van der Waals surface area contributed by atoms with E-state index in [0.717, 1.165) is 11.1 Å². The van der Waals surface area contributed by atoms with Crippen molar-refractivity contribution in [3.63, 3.8) is 0 Å². The maximum Gasteiger partial charge on any atom is 0.244 e. The summed E-state index contributed by atoms with van der Waals surface area (Å²) >= 11 is 0. The lowest BCUT2D eigenvalue weighted by Crippen LogP contribution is -2.54. The molecule has 1 aliphatic heterocycles. The Kier molecular flexibility index (Phi) is 3.17. The highest BCUT2D eigenvalue weighted by molar-refractivity contribution is 5.86. The third-order valence-electron chi connectivity index (χ3n) is 3.40. The molecule has 1 aliphatic rings. The third-order valence-corrected chi connectivity index (χ3v) is 3.40. The van der Waals surface area contributed by atoms with E-state index in [1.54, 1.807) is 0 Å². The lowest BCUT2D eigenvalue weighted by molar-refractivity contribution is -0.123. The van der Waals surface area contributed by atoms with Gasteiger partial charge in [-0.3, -0.25) is 10.2 Å². The van der Waals surface area contributed by atoms with Gasteiger partial charge in [-0.2, -0.15) is 5.01 Å². The molecular formula is C14H21N3O. The van der Waals surface area contributed by atoms with Gasteiger partial charge in [0.05, 0.1) is 12.1 Å². The lowest BCUT2D eigenvalue weighted by Gasteiger charge is -2.34. The first-order valence-corrected chi connectivity index (χ1v) is 6.23. The van der Waals surface area contributed by atoms with Crippen LogP contribution in [0, 0.1) is 6.92 Å². The molecule has 2 atom stereocenters. The summed E-state index contributed by atoms with van der Waals surface area (Å²) in [6.07, 6.45) is -0.335.